The summed E-state index contributed by atoms with van der Waals surface area (Å²) in [5.74, 6) is 0.528. The molecule has 0 aliphatic carbocycles. The lowest BCUT2D eigenvalue weighted by Gasteiger charge is -2.43. The molecule has 0 aliphatic heterocycles. The fraction of sp³-hybridized carbons (Fsp3) is 0.882. The van der Waals surface area contributed by atoms with Gasteiger partial charge in [0.2, 0.25) is 0 Å². The van der Waals surface area contributed by atoms with Crippen LogP contribution in [0.1, 0.15) is 54.9 Å². The molecule has 0 aromatic heterocycles. The fourth-order valence-corrected chi connectivity index (χ4v) is 3.65. The molecule has 0 unspecified atom stereocenters. The van der Waals surface area contributed by atoms with Crippen molar-refractivity contribution in [3.63, 3.8) is 0 Å². The highest BCUT2D eigenvalue weighted by molar-refractivity contribution is 6.74. The van der Waals surface area contributed by atoms with Gasteiger partial charge in [-0.05, 0) is 37.4 Å². The molecule has 0 amide bonds. The van der Waals surface area contributed by atoms with Crippen LogP contribution in [-0.4, -0.2) is 25.6 Å². The summed E-state index contributed by atoms with van der Waals surface area (Å²) in [5, 5.41) is 10.6. The second-order valence-electron chi connectivity index (χ2n) is 8.17. The molecule has 0 spiro atoms. The molecule has 120 valence electrons. The Morgan fingerprint density at radius 3 is 1.95 bits per heavy atom. The van der Waals surface area contributed by atoms with E-state index in [1.807, 2.05) is 6.92 Å². The van der Waals surface area contributed by atoms with E-state index in [-0.39, 0.29) is 23.2 Å². The highest BCUT2D eigenvalue weighted by atomic mass is 28.4. The van der Waals surface area contributed by atoms with Gasteiger partial charge in [0.1, 0.15) is 0 Å². The molecule has 0 rings (SSSR count). The Hall–Kier alpha value is -0.123. The van der Waals surface area contributed by atoms with Gasteiger partial charge in [-0.1, -0.05) is 47.1 Å². The van der Waals surface area contributed by atoms with Gasteiger partial charge in [0.15, 0.2) is 8.32 Å². The van der Waals surface area contributed by atoms with Crippen LogP contribution in [0, 0.1) is 11.8 Å². The standard InChI is InChI=1S/C17H36O2Si/c1-12(2)11-15(18)14(5)16(13(3)4)19-20(9,10)17(6,7)8/h13-16,18H,1,11H2,2-10H3/t14-,15-,16-/m0/s1. The first-order chi connectivity index (χ1) is 8.79. The highest BCUT2D eigenvalue weighted by Crippen LogP contribution is 2.39. The fourth-order valence-electron chi connectivity index (χ4n) is 2.13. The SMILES string of the molecule is C=C(C)C[C@H](O)[C@H](C)[C@@H](O[Si](C)(C)C(C)(C)C)C(C)C. The van der Waals surface area contributed by atoms with Crippen molar-refractivity contribution in [2.24, 2.45) is 11.8 Å². The molecule has 2 nitrogen and oxygen atoms in total. The maximum Gasteiger partial charge on any atom is 0.192 e. The van der Waals surface area contributed by atoms with Crippen LogP contribution in [0.25, 0.3) is 0 Å². The molecule has 1 N–H and O–H groups in total. The molecule has 0 aromatic rings. The number of rotatable bonds is 7. The predicted octanol–water partition coefficient (Wildman–Crippen LogP) is 5.00. The Balaban J connectivity index is 5.03. The van der Waals surface area contributed by atoms with E-state index in [1.54, 1.807) is 0 Å². The smallest absolute Gasteiger partial charge is 0.192 e. The zero-order chi connectivity index (χ0) is 16.3. The van der Waals surface area contributed by atoms with Gasteiger partial charge in [0, 0.05) is 5.92 Å². The molecular weight excluding hydrogens is 264 g/mol. The molecule has 0 saturated heterocycles. The maximum atomic E-state index is 10.4. The third-order valence-electron chi connectivity index (χ3n) is 4.58. The predicted molar refractivity (Wildman–Crippen MR) is 91.5 cm³/mol. The van der Waals surface area contributed by atoms with Crippen LogP contribution < -0.4 is 0 Å². The monoisotopic (exact) mass is 300 g/mol. The molecule has 0 saturated carbocycles. The van der Waals surface area contributed by atoms with E-state index in [9.17, 15) is 5.11 Å². The lowest BCUT2D eigenvalue weighted by Crippen LogP contribution is -2.48. The third-order valence-corrected chi connectivity index (χ3v) is 9.05. The summed E-state index contributed by atoms with van der Waals surface area (Å²) in [6.45, 7) is 23.7. The van der Waals surface area contributed by atoms with E-state index < -0.39 is 8.32 Å². The van der Waals surface area contributed by atoms with Gasteiger partial charge < -0.3 is 9.53 Å². The number of hydrogen-bond donors (Lipinski definition) is 1. The second-order valence-corrected chi connectivity index (χ2v) is 12.9. The average Bonchev–Trinajstić information content (AvgIpc) is 2.21. The molecule has 0 fully saturated rings. The van der Waals surface area contributed by atoms with Gasteiger partial charge in [-0.15, -0.1) is 6.58 Å². The quantitative estimate of drug-likeness (QED) is 0.530. The topological polar surface area (TPSA) is 29.5 Å². The number of aliphatic hydroxyl groups is 1. The van der Waals surface area contributed by atoms with Crippen molar-refractivity contribution in [2.45, 2.75) is 85.2 Å². The molecule has 0 aliphatic rings. The molecular formula is C17H36O2Si. The Morgan fingerprint density at radius 2 is 1.65 bits per heavy atom. The first-order valence-corrected chi connectivity index (χ1v) is 10.7. The Morgan fingerprint density at radius 1 is 1.20 bits per heavy atom. The minimum Gasteiger partial charge on any atom is -0.413 e. The summed E-state index contributed by atoms with van der Waals surface area (Å²) in [6, 6.07) is 0. The Labute approximate surface area is 127 Å². The molecule has 20 heavy (non-hydrogen) atoms. The minimum atomic E-state index is -1.81. The van der Waals surface area contributed by atoms with E-state index in [4.69, 9.17) is 4.43 Å². The number of aliphatic hydroxyl groups excluding tert-OH is 1. The largest absolute Gasteiger partial charge is 0.413 e. The Bertz CT molecular complexity index is 315. The third kappa shape index (κ3) is 5.70. The van der Waals surface area contributed by atoms with E-state index in [0.29, 0.717) is 12.3 Å². The molecule has 0 bridgehead atoms. The lowest BCUT2D eigenvalue weighted by molar-refractivity contribution is 0.00583. The molecule has 0 heterocycles. The van der Waals surface area contributed by atoms with Crippen molar-refractivity contribution in [2.75, 3.05) is 0 Å². The van der Waals surface area contributed by atoms with Crippen molar-refractivity contribution in [3.05, 3.63) is 12.2 Å². The minimum absolute atomic E-state index is 0.102. The van der Waals surface area contributed by atoms with Crippen molar-refractivity contribution < 1.29 is 9.53 Å². The lowest BCUT2D eigenvalue weighted by atomic mass is 9.88. The van der Waals surface area contributed by atoms with E-state index in [2.05, 4.69) is 61.2 Å². The zero-order valence-corrected chi connectivity index (χ0v) is 16.1. The molecule has 0 radical (unpaired) electrons. The molecule has 3 atom stereocenters. The summed E-state index contributed by atoms with van der Waals surface area (Å²) in [7, 11) is -1.81. The Kier molecular flexibility index (Phi) is 7.19. The highest BCUT2D eigenvalue weighted by Gasteiger charge is 2.41. The first-order valence-electron chi connectivity index (χ1n) is 7.80. The van der Waals surface area contributed by atoms with Gasteiger partial charge in [-0.3, -0.25) is 0 Å². The summed E-state index contributed by atoms with van der Waals surface area (Å²) < 4.78 is 6.58. The van der Waals surface area contributed by atoms with Crippen molar-refractivity contribution in [1.29, 1.82) is 0 Å². The summed E-state index contributed by atoms with van der Waals surface area (Å²) in [4.78, 5) is 0. The van der Waals surface area contributed by atoms with E-state index >= 15 is 0 Å². The van der Waals surface area contributed by atoms with Gasteiger partial charge in [-0.2, -0.15) is 0 Å². The van der Waals surface area contributed by atoms with Crippen LogP contribution in [0.15, 0.2) is 12.2 Å². The van der Waals surface area contributed by atoms with Crippen molar-refractivity contribution in [3.8, 4) is 0 Å². The molecule has 0 aromatic carbocycles. The summed E-state index contributed by atoms with van der Waals surface area (Å²) >= 11 is 0. The average molecular weight is 301 g/mol. The maximum absolute atomic E-state index is 10.4. The summed E-state index contributed by atoms with van der Waals surface area (Å²) in [6.07, 6.45) is 0.389. The molecule has 3 heteroatoms. The van der Waals surface area contributed by atoms with Crippen LogP contribution in [0.3, 0.4) is 0 Å². The summed E-state index contributed by atoms with van der Waals surface area (Å²) in [5.41, 5.74) is 1.03. The van der Waals surface area contributed by atoms with Crippen LogP contribution in [0.5, 0.6) is 0 Å². The van der Waals surface area contributed by atoms with E-state index in [1.165, 1.54) is 0 Å². The van der Waals surface area contributed by atoms with E-state index in [0.717, 1.165) is 5.57 Å². The van der Waals surface area contributed by atoms with Crippen LogP contribution >= 0.6 is 0 Å². The normalized spacial score (nSPS) is 17.9. The van der Waals surface area contributed by atoms with Gasteiger partial charge in [-0.25, -0.2) is 0 Å². The first kappa shape index (κ1) is 19.9. The van der Waals surface area contributed by atoms with Crippen LogP contribution in [0.4, 0.5) is 0 Å². The van der Waals surface area contributed by atoms with Crippen molar-refractivity contribution in [1.82, 2.24) is 0 Å². The second kappa shape index (κ2) is 7.23. The van der Waals surface area contributed by atoms with Crippen molar-refractivity contribution >= 4 is 8.32 Å². The van der Waals surface area contributed by atoms with Gasteiger partial charge in [0.05, 0.1) is 12.2 Å². The number of hydrogen-bond acceptors (Lipinski definition) is 2. The van der Waals surface area contributed by atoms with Crippen LogP contribution in [0.2, 0.25) is 18.1 Å². The van der Waals surface area contributed by atoms with Crippen LogP contribution in [-0.2, 0) is 4.43 Å². The zero-order valence-electron chi connectivity index (χ0n) is 15.1. The van der Waals surface area contributed by atoms with Gasteiger partial charge >= 0.3 is 0 Å². The van der Waals surface area contributed by atoms with Gasteiger partial charge in [0.25, 0.3) is 0 Å².